The number of benzene rings is 1. The Morgan fingerprint density at radius 2 is 2.00 bits per heavy atom. The van der Waals surface area contributed by atoms with Gasteiger partial charge in [0, 0.05) is 12.1 Å². The van der Waals surface area contributed by atoms with Gasteiger partial charge in [-0.15, -0.1) is 0 Å². The van der Waals surface area contributed by atoms with Crippen LogP contribution in [0.15, 0.2) is 35.2 Å². The zero-order valence-corrected chi connectivity index (χ0v) is 12.8. The van der Waals surface area contributed by atoms with E-state index >= 15 is 0 Å². The van der Waals surface area contributed by atoms with Crippen LogP contribution in [-0.2, 0) is 13.1 Å². The molecule has 4 heteroatoms. The molecule has 0 fully saturated rings. The number of fused-ring (bicyclic) bond motifs is 1. The molecule has 2 heterocycles. The number of nitrogens with one attached hydrogen (secondary N) is 1. The van der Waals surface area contributed by atoms with Crippen molar-refractivity contribution in [1.82, 2.24) is 14.9 Å². The second-order valence-corrected chi connectivity index (χ2v) is 5.50. The summed E-state index contributed by atoms with van der Waals surface area (Å²) in [5.41, 5.74) is 5.94. The summed E-state index contributed by atoms with van der Waals surface area (Å²) in [6, 6.07) is 6.44. The Bertz CT molecular complexity index is 755. The maximum absolute atomic E-state index is 5.65. The van der Waals surface area contributed by atoms with Crippen molar-refractivity contribution < 1.29 is 4.42 Å². The molecule has 3 rings (SSSR count). The second-order valence-electron chi connectivity index (χ2n) is 5.50. The minimum atomic E-state index is 0.713. The van der Waals surface area contributed by atoms with E-state index in [-0.39, 0.29) is 0 Å². The summed E-state index contributed by atoms with van der Waals surface area (Å²) in [4.78, 5) is 4.48. The third kappa shape index (κ3) is 2.85. The Morgan fingerprint density at radius 3 is 2.81 bits per heavy atom. The number of imidazole rings is 1. The Hall–Kier alpha value is -2.07. The minimum Gasteiger partial charge on any atom is -0.467 e. The number of aromatic nitrogens is 2. The molecule has 110 valence electrons. The van der Waals surface area contributed by atoms with Gasteiger partial charge in [-0.25, -0.2) is 4.98 Å². The summed E-state index contributed by atoms with van der Waals surface area (Å²) in [5.74, 6) is 0.959. The summed E-state index contributed by atoms with van der Waals surface area (Å²) in [5, 5.41) is 3.30. The van der Waals surface area contributed by atoms with Crippen molar-refractivity contribution in [3.05, 3.63) is 53.2 Å². The van der Waals surface area contributed by atoms with Gasteiger partial charge >= 0.3 is 0 Å². The molecule has 0 bridgehead atoms. The van der Waals surface area contributed by atoms with Crippen LogP contribution < -0.4 is 5.32 Å². The number of hydrogen-bond acceptors (Lipinski definition) is 3. The summed E-state index contributed by atoms with van der Waals surface area (Å²) in [6.07, 6.45) is 3.71. The van der Waals surface area contributed by atoms with Crippen LogP contribution in [0, 0.1) is 13.8 Å². The first-order chi connectivity index (χ1) is 10.2. The third-order valence-electron chi connectivity index (χ3n) is 3.85. The molecule has 0 saturated carbocycles. The maximum atomic E-state index is 5.65. The zero-order chi connectivity index (χ0) is 14.8. The molecule has 1 aromatic carbocycles. The second kappa shape index (κ2) is 5.74. The molecule has 4 nitrogen and oxygen atoms in total. The van der Waals surface area contributed by atoms with Gasteiger partial charge in [0.1, 0.15) is 5.76 Å². The molecule has 0 aliphatic heterocycles. The van der Waals surface area contributed by atoms with E-state index in [1.54, 1.807) is 0 Å². The van der Waals surface area contributed by atoms with Gasteiger partial charge < -0.3 is 14.3 Å². The average Bonchev–Trinajstić information content (AvgIpc) is 3.06. The largest absolute Gasteiger partial charge is 0.467 e. The van der Waals surface area contributed by atoms with E-state index in [1.807, 2.05) is 12.6 Å². The number of aryl methyl sites for hydroxylation is 2. The lowest BCUT2D eigenvalue weighted by molar-refractivity contribution is 0.494. The quantitative estimate of drug-likeness (QED) is 0.780. The van der Waals surface area contributed by atoms with E-state index in [2.05, 4.69) is 53.8 Å². The van der Waals surface area contributed by atoms with Gasteiger partial charge in [0.2, 0.25) is 0 Å². The predicted molar refractivity (Wildman–Crippen MR) is 84.4 cm³/mol. The first-order valence-corrected chi connectivity index (χ1v) is 7.36. The molecule has 0 aliphatic carbocycles. The highest BCUT2D eigenvalue weighted by atomic mass is 16.3. The van der Waals surface area contributed by atoms with Crippen molar-refractivity contribution in [2.75, 3.05) is 6.54 Å². The standard InChI is InChI=1S/C17H21N3O/c1-4-18-8-14-7-15(21-10-14)9-20-11-19-16-5-12(2)13(3)6-17(16)20/h5-7,10-11,18H,4,8-9H2,1-3H3. The van der Waals surface area contributed by atoms with Crippen LogP contribution in [0.2, 0.25) is 0 Å². The van der Waals surface area contributed by atoms with E-state index in [9.17, 15) is 0 Å². The van der Waals surface area contributed by atoms with E-state index < -0.39 is 0 Å². The van der Waals surface area contributed by atoms with Crippen LogP contribution in [0.4, 0.5) is 0 Å². The van der Waals surface area contributed by atoms with Crippen LogP contribution in [0.1, 0.15) is 29.4 Å². The molecule has 0 atom stereocenters. The van der Waals surface area contributed by atoms with Crippen molar-refractivity contribution in [2.45, 2.75) is 33.9 Å². The van der Waals surface area contributed by atoms with Gasteiger partial charge in [-0.1, -0.05) is 6.92 Å². The number of hydrogen-bond donors (Lipinski definition) is 1. The fourth-order valence-electron chi connectivity index (χ4n) is 2.48. The Labute approximate surface area is 124 Å². The smallest absolute Gasteiger partial charge is 0.123 e. The van der Waals surface area contributed by atoms with Gasteiger partial charge in [-0.3, -0.25) is 0 Å². The molecule has 3 aromatic rings. The molecule has 0 amide bonds. The normalized spacial score (nSPS) is 11.4. The van der Waals surface area contributed by atoms with Crippen molar-refractivity contribution in [1.29, 1.82) is 0 Å². The van der Waals surface area contributed by atoms with Crippen LogP contribution >= 0.6 is 0 Å². The third-order valence-corrected chi connectivity index (χ3v) is 3.85. The zero-order valence-electron chi connectivity index (χ0n) is 12.8. The van der Waals surface area contributed by atoms with Crippen LogP contribution in [0.5, 0.6) is 0 Å². The summed E-state index contributed by atoms with van der Waals surface area (Å²) >= 11 is 0. The number of furan rings is 1. The molecular formula is C17H21N3O. The van der Waals surface area contributed by atoms with E-state index in [0.717, 1.165) is 29.9 Å². The van der Waals surface area contributed by atoms with E-state index in [4.69, 9.17) is 4.42 Å². The predicted octanol–water partition coefficient (Wildman–Crippen LogP) is 3.40. The van der Waals surface area contributed by atoms with Crippen LogP contribution in [0.3, 0.4) is 0 Å². The summed E-state index contributed by atoms with van der Waals surface area (Å²) in [7, 11) is 0. The van der Waals surface area contributed by atoms with Gasteiger partial charge in [-0.2, -0.15) is 0 Å². The van der Waals surface area contributed by atoms with Crippen LogP contribution in [0.25, 0.3) is 11.0 Å². The molecular weight excluding hydrogens is 262 g/mol. The minimum absolute atomic E-state index is 0.713. The Balaban J connectivity index is 1.84. The highest BCUT2D eigenvalue weighted by Gasteiger charge is 2.08. The monoisotopic (exact) mass is 283 g/mol. The molecule has 0 spiro atoms. The molecule has 2 aromatic heterocycles. The molecule has 21 heavy (non-hydrogen) atoms. The first kappa shape index (κ1) is 13.9. The average molecular weight is 283 g/mol. The van der Waals surface area contributed by atoms with Gasteiger partial charge in [0.15, 0.2) is 0 Å². The molecule has 0 saturated heterocycles. The lowest BCUT2D eigenvalue weighted by Gasteiger charge is -2.04. The summed E-state index contributed by atoms with van der Waals surface area (Å²) < 4.78 is 7.79. The molecule has 1 N–H and O–H groups in total. The van der Waals surface area contributed by atoms with E-state index in [0.29, 0.717) is 6.54 Å². The molecule has 0 radical (unpaired) electrons. The van der Waals surface area contributed by atoms with Crippen molar-refractivity contribution >= 4 is 11.0 Å². The summed E-state index contributed by atoms with van der Waals surface area (Å²) in [6.45, 7) is 8.88. The lowest BCUT2D eigenvalue weighted by Crippen LogP contribution is -2.10. The topological polar surface area (TPSA) is 43.0 Å². The lowest BCUT2D eigenvalue weighted by atomic mass is 10.1. The Kier molecular flexibility index (Phi) is 3.80. The molecule has 0 aliphatic rings. The Morgan fingerprint density at radius 1 is 1.19 bits per heavy atom. The highest BCUT2D eigenvalue weighted by molar-refractivity contribution is 5.77. The van der Waals surface area contributed by atoms with Crippen molar-refractivity contribution in [2.24, 2.45) is 0 Å². The molecule has 0 unspecified atom stereocenters. The van der Waals surface area contributed by atoms with Crippen molar-refractivity contribution in [3.63, 3.8) is 0 Å². The van der Waals surface area contributed by atoms with Gasteiger partial charge in [-0.05, 0) is 49.7 Å². The van der Waals surface area contributed by atoms with Gasteiger partial charge in [0.25, 0.3) is 0 Å². The number of rotatable bonds is 5. The van der Waals surface area contributed by atoms with Gasteiger partial charge in [0.05, 0.1) is 30.2 Å². The number of nitrogens with zero attached hydrogens (tertiary/aromatic N) is 2. The van der Waals surface area contributed by atoms with Crippen molar-refractivity contribution in [3.8, 4) is 0 Å². The first-order valence-electron chi connectivity index (χ1n) is 7.36. The fraction of sp³-hybridized carbons (Fsp3) is 0.353. The fourth-order valence-corrected chi connectivity index (χ4v) is 2.48. The maximum Gasteiger partial charge on any atom is 0.123 e. The van der Waals surface area contributed by atoms with E-state index in [1.165, 1.54) is 16.7 Å². The van der Waals surface area contributed by atoms with Crippen LogP contribution in [-0.4, -0.2) is 16.1 Å². The SMILES string of the molecule is CCNCc1coc(Cn2cnc3cc(C)c(C)cc32)c1. The highest BCUT2D eigenvalue weighted by Crippen LogP contribution is 2.20.